The molecule has 0 radical (unpaired) electrons. The van der Waals surface area contributed by atoms with Crippen molar-refractivity contribution in [3.63, 3.8) is 0 Å². The van der Waals surface area contributed by atoms with Crippen molar-refractivity contribution in [2.75, 3.05) is 12.9 Å². The normalized spacial score (nSPS) is 11.1. The van der Waals surface area contributed by atoms with Crippen molar-refractivity contribution in [3.05, 3.63) is 83.3 Å². The van der Waals surface area contributed by atoms with E-state index >= 15 is 0 Å². The predicted octanol–water partition coefficient (Wildman–Crippen LogP) is 3.88. The van der Waals surface area contributed by atoms with E-state index in [1.54, 1.807) is 59.5 Å². The van der Waals surface area contributed by atoms with Crippen LogP contribution in [-0.4, -0.2) is 32.1 Å². The van der Waals surface area contributed by atoms with Crippen molar-refractivity contribution in [1.82, 2.24) is 4.90 Å². The van der Waals surface area contributed by atoms with Crippen LogP contribution < -0.4 is 8.92 Å². The van der Waals surface area contributed by atoms with Crippen molar-refractivity contribution >= 4 is 27.6 Å². The molecule has 2 aromatic carbocycles. The summed E-state index contributed by atoms with van der Waals surface area (Å²) in [6, 6.07) is 16.8. The Morgan fingerprint density at radius 3 is 2.47 bits per heavy atom. The minimum atomic E-state index is -3.65. The first-order valence-corrected chi connectivity index (χ1v) is 11.1. The van der Waals surface area contributed by atoms with E-state index in [9.17, 15) is 13.2 Å². The van der Waals surface area contributed by atoms with E-state index in [1.165, 1.54) is 12.3 Å². The monoisotopic (exact) mass is 449 g/mol. The summed E-state index contributed by atoms with van der Waals surface area (Å²) in [6.45, 7) is 0.263. The van der Waals surface area contributed by atoms with Gasteiger partial charge in [-0.2, -0.15) is 8.42 Å². The molecule has 0 aliphatic heterocycles. The molecule has 158 valence electrons. The lowest BCUT2D eigenvalue weighted by Gasteiger charge is -2.22. The van der Waals surface area contributed by atoms with Crippen molar-refractivity contribution in [2.24, 2.45) is 0 Å². The maximum atomic E-state index is 12.8. The largest absolute Gasteiger partial charge is 0.484 e. The molecule has 0 saturated heterocycles. The molecule has 7 nitrogen and oxygen atoms in total. The number of hydrogen-bond donors (Lipinski definition) is 0. The van der Waals surface area contributed by atoms with Crippen LogP contribution in [0.1, 0.15) is 11.3 Å². The molecule has 3 aromatic rings. The number of carbonyl (C=O) groups is 1. The summed E-state index contributed by atoms with van der Waals surface area (Å²) in [5.74, 6) is 1.04. The Morgan fingerprint density at radius 1 is 1.03 bits per heavy atom. The van der Waals surface area contributed by atoms with Gasteiger partial charge in [-0.15, -0.1) is 0 Å². The summed E-state index contributed by atoms with van der Waals surface area (Å²) in [4.78, 5) is 14.4. The first-order valence-electron chi connectivity index (χ1n) is 8.95. The number of ether oxygens (including phenoxy) is 1. The summed E-state index contributed by atoms with van der Waals surface area (Å²) in [7, 11) is -3.65. The second-order valence-electron chi connectivity index (χ2n) is 6.51. The Labute approximate surface area is 179 Å². The quantitative estimate of drug-likeness (QED) is 0.461. The van der Waals surface area contributed by atoms with Crippen LogP contribution in [0.5, 0.6) is 11.5 Å². The Hall–Kier alpha value is -2.97. The Balaban J connectivity index is 1.72. The summed E-state index contributed by atoms with van der Waals surface area (Å²) in [6.07, 6.45) is 2.50. The lowest BCUT2D eigenvalue weighted by molar-refractivity contribution is -0.134. The van der Waals surface area contributed by atoms with Gasteiger partial charge in [-0.1, -0.05) is 23.7 Å². The van der Waals surface area contributed by atoms with Gasteiger partial charge in [0.1, 0.15) is 17.3 Å². The fourth-order valence-corrected chi connectivity index (χ4v) is 3.26. The van der Waals surface area contributed by atoms with Crippen LogP contribution in [0, 0.1) is 0 Å². The van der Waals surface area contributed by atoms with Gasteiger partial charge in [-0.25, -0.2) is 0 Å². The Morgan fingerprint density at radius 2 is 1.80 bits per heavy atom. The Bertz CT molecular complexity index is 1080. The second kappa shape index (κ2) is 9.69. The summed E-state index contributed by atoms with van der Waals surface area (Å²) >= 11 is 5.86. The molecule has 0 N–H and O–H groups in total. The molecule has 1 amide bonds. The average molecular weight is 450 g/mol. The minimum Gasteiger partial charge on any atom is -0.484 e. The molecular formula is C21H20ClNO6S. The van der Waals surface area contributed by atoms with Crippen LogP contribution >= 0.6 is 11.6 Å². The number of benzene rings is 2. The maximum Gasteiger partial charge on any atom is 0.306 e. The number of hydrogen-bond acceptors (Lipinski definition) is 6. The Kier molecular flexibility index (Phi) is 7.02. The standard InChI is InChI=1S/C21H20ClNO6S/c1-30(25,26)29-19-5-2-4-16(12-19)13-23(14-20-6-3-11-27-20)21(24)15-28-18-9-7-17(22)8-10-18/h2-12H,13-15H2,1H3. The lowest BCUT2D eigenvalue weighted by Crippen LogP contribution is -2.34. The number of carbonyl (C=O) groups excluding carboxylic acids is 1. The first-order chi connectivity index (χ1) is 14.3. The summed E-state index contributed by atoms with van der Waals surface area (Å²) in [5.41, 5.74) is 0.697. The van der Waals surface area contributed by atoms with E-state index < -0.39 is 10.1 Å². The average Bonchev–Trinajstić information content (AvgIpc) is 3.19. The molecule has 9 heteroatoms. The maximum absolute atomic E-state index is 12.8. The molecule has 30 heavy (non-hydrogen) atoms. The van der Waals surface area contributed by atoms with Gasteiger partial charge in [0.05, 0.1) is 19.1 Å². The molecule has 0 spiro atoms. The fraction of sp³-hybridized carbons (Fsp3) is 0.190. The number of furan rings is 1. The highest BCUT2D eigenvalue weighted by molar-refractivity contribution is 7.86. The van der Waals surface area contributed by atoms with E-state index in [4.69, 9.17) is 24.9 Å². The first kappa shape index (κ1) is 21.7. The third kappa shape index (κ3) is 6.82. The van der Waals surface area contributed by atoms with Crippen LogP contribution in [0.15, 0.2) is 71.3 Å². The van der Waals surface area contributed by atoms with E-state index in [2.05, 4.69) is 0 Å². The van der Waals surface area contributed by atoms with Gasteiger partial charge >= 0.3 is 10.1 Å². The van der Waals surface area contributed by atoms with Crippen molar-refractivity contribution < 1.29 is 26.5 Å². The van der Waals surface area contributed by atoms with Crippen LogP contribution in [0.25, 0.3) is 0 Å². The number of rotatable bonds is 9. The number of nitrogens with zero attached hydrogens (tertiary/aromatic N) is 1. The molecule has 0 aliphatic rings. The molecule has 0 aliphatic carbocycles. The van der Waals surface area contributed by atoms with Crippen molar-refractivity contribution in [1.29, 1.82) is 0 Å². The molecule has 0 fully saturated rings. The van der Waals surface area contributed by atoms with E-state index in [1.807, 2.05) is 0 Å². The second-order valence-corrected chi connectivity index (χ2v) is 8.52. The highest BCUT2D eigenvalue weighted by atomic mass is 35.5. The fourth-order valence-electron chi connectivity index (χ4n) is 2.68. The SMILES string of the molecule is CS(=O)(=O)Oc1cccc(CN(Cc2ccco2)C(=O)COc2ccc(Cl)cc2)c1. The van der Waals surface area contributed by atoms with Crippen molar-refractivity contribution in [2.45, 2.75) is 13.1 Å². The van der Waals surface area contributed by atoms with Crippen LogP contribution in [0.2, 0.25) is 5.02 Å². The molecular weight excluding hydrogens is 430 g/mol. The molecule has 0 saturated carbocycles. The van der Waals surface area contributed by atoms with E-state index in [0.29, 0.717) is 22.1 Å². The molecule has 0 atom stereocenters. The smallest absolute Gasteiger partial charge is 0.306 e. The number of halogens is 1. The van der Waals surface area contributed by atoms with Crippen LogP contribution in [0.4, 0.5) is 0 Å². The zero-order chi connectivity index (χ0) is 21.6. The molecule has 0 unspecified atom stereocenters. The van der Waals surface area contributed by atoms with Gasteiger partial charge < -0.3 is 18.2 Å². The van der Waals surface area contributed by atoms with Crippen molar-refractivity contribution in [3.8, 4) is 11.5 Å². The highest BCUT2D eigenvalue weighted by Gasteiger charge is 2.17. The molecule has 0 bridgehead atoms. The number of amides is 1. The molecule has 1 heterocycles. The third-order valence-corrected chi connectivity index (χ3v) is 4.72. The topological polar surface area (TPSA) is 86.1 Å². The summed E-state index contributed by atoms with van der Waals surface area (Å²) < 4.78 is 38.6. The van der Waals surface area contributed by atoms with Crippen LogP contribution in [-0.2, 0) is 28.0 Å². The van der Waals surface area contributed by atoms with Gasteiger partial charge in [-0.3, -0.25) is 4.79 Å². The highest BCUT2D eigenvalue weighted by Crippen LogP contribution is 2.19. The summed E-state index contributed by atoms with van der Waals surface area (Å²) in [5, 5.41) is 0.573. The third-order valence-electron chi connectivity index (χ3n) is 3.97. The van der Waals surface area contributed by atoms with E-state index in [0.717, 1.165) is 6.26 Å². The van der Waals surface area contributed by atoms with Gasteiger partial charge in [0.2, 0.25) is 0 Å². The zero-order valence-corrected chi connectivity index (χ0v) is 17.7. The van der Waals surface area contributed by atoms with Gasteiger partial charge in [0.15, 0.2) is 6.61 Å². The zero-order valence-electron chi connectivity index (χ0n) is 16.2. The van der Waals surface area contributed by atoms with Gasteiger partial charge in [0, 0.05) is 11.6 Å². The van der Waals surface area contributed by atoms with Gasteiger partial charge in [0.25, 0.3) is 5.91 Å². The van der Waals surface area contributed by atoms with Crippen LogP contribution in [0.3, 0.4) is 0 Å². The predicted molar refractivity (Wildman–Crippen MR) is 112 cm³/mol. The minimum absolute atomic E-state index is 0.179. The van der Waals surface area contributed by atoms with Gasteiger partial charge in [-0.05, 0) is 54.1 Å². The lowest BCUT2D eigenvalue weighted by atomic mass is 10.2. The molecule has 3 rings (SSSR count). The van der Waals surface area contributed by atoms with E-state index in [-0.39, 0.29) is 31.4 Å². The molecule has 1 aromatic heterocycles.